The van der Waals surface area contributed by atoms with E-state index in [2.05, 4.69) is 16.8 Å². The van der Waals surface area contributed by atoms with Crippen molar-refractivity contribution in [3.8, 4) is 0 Å². The van der Waals surface area contributed by atoms with Crippen LogP contribution in [-0.2, 0) is 0 Å². The van der Waals surface area contributed by atoms with Gasteiger partial charge in [0.2, 0.25) is 0 Å². The van der Waals surface area contributed by atoms with Gasteiger partial charge in [0.15, 0.2) is 0 Å². The normalized spacial score (nSPS) is 10.5. The molecule has 2 rings (SSSR count). The summed E-state index contributed by atoms with van der Waals surface area (Å²) in [6.45, 7) is 19.4. The molecule has 1 aromatic carbocycles. The maximum atomic E-state index is 9.83. The molecule has 1 aromatic heterocycles. The lowest BCUT2D eigenvalue weighted by molar-refractivity contribution is 0.427. The van der Waals surface area contributed by atoms with Crippen molar-refractivity contribution in [1.82, 2.24) is 15.0 Å². The molecule has 0 saturated heterocycles. The second-order valence-electron chi connectivity index (χ2n) is 3.94. The van der Waals surface area contributed by atoms with Crippen molar-refractivity contribution >= 4 is 16.7 Å². The van der Waals surface area contributed by atoms with Crippen molar-refractivity contribution in [2.75, 3.05) is 0 Å². The van der Waals surface area contributed by atoms with Gasteiger partial charge in [-0.05, 0) is 43.7 Å². The van der Waals surface area contributed by atoms with Crippen LogP contribution in [0.15, 0.2) is 48.8 Å². The molecule has 0 saturated carbocycles. The lowest BCUT2D eigenvalue weighted by Crippen LogP contribution is -2.03. The zero-order chi connectivity index (χ0) is 19.1. The average Bonchev–Trinajstić information content (AvgIpc) is 3.06. The van der Waals surface area contributed by atoms with Gasteiger partial charge in [0.05, 0.1) is 0 Å². The van der Waals surface area contributed by atoms with Gasteiger partial charge in [-0.3, -0.25) is 0 Å². The van der Waals surface area contributed by atoms with Gasteiger partial charge in [0.1, 0.15) is 22.5 Å². The number of hydrogen-bond acceptors (Lipinski definition) is 3. The van der Waals surface area contributed by atoms with Gasteiger partial charge in [-0.1, -0.05) is 60.3 Å². The Labute approximate surface area is 147 Å². The Morgan fingerprint density at radius 2 is 1.58 bits per heavy atom. The third-order valence-corrected chi connectivity index (χ3v) is 2.56. The van der Waals surface area contributed by atoms with Crippen molar-refractivity contribution < 1.29 is 5.11 Å². The summed E-state index contributed by atoms with van der Waals surface area (Å²) in [5.41, 5.74) is 3.22. The Kier molecular flexibility index (Phi) is 14.2. The van der Waals surface area contributed by atoms with Crippen LogP contribution in [-0.4, -0.2) is 20.1 Å². The maximum Gasteiger partial charge on any atom is 0.138 e. The van der Waals surface area contributed by atoms with E-state index in [9.17, 15) is 5.11 Å². The monoisotopic (exact) mass is 331 g/mol. The van der Waals surface area contributed by atoms with Crippen molar-refractivity contribution in [3.05, 3.63) is 54.3 Å². The molecule has 0 radical (unpaired) electrons. The molecule has 0 bridgehead atoms. The number of rotatable bonds is 3. The molecule has 0 unspecified atom stereocenters. The molecule has 4 heteroatoms. The topological polar surface area (TPSA) is 50.9 Å². The first-order valence-corrected chi connectivity index (χ1v) is 8.68. The van der Waals surface area contributed by atoms with Crippen LogP contribution in [0.5, 0.6) is 0 Å². The van der Waals surface area contributed by atoms with Gasteiger partial charge in [-0.2, -0.15) is 0 Å². The molecular formula is C20H33N3O. The number of hydrogen-bond donors (Lipinski definition) is 1. The summed E-state index contributed by atoms with van der Waals surface area (Å²) >= 11 is 0. The van der Waals surface area contributed by atoms with Crippen LogP contribution in [0.1, 0.15) is 54.0 Å². The summed E-state index contributed by atoms with van der Waals surface area (Å²) in [6.07, 6.45) is 4.85. The van der Waals surface area contributed by atoms with Crippen molar-refractivity contribution in [1.29, 1.82) is 0 Å². The molecule has 0 atom stereocenters. The molecular weight excluding hydrogens is 298 g/mol. The van der Waals surface area contributed by atoms with Gasteiger partial charge >= 0.3 is 0 Å². The average molecular weight is 332 g/mol. The van der Waals surface area contributed by atoms with Crippen LogP contribution in [0.3, 0.4) is 0 Å². The first-order chi connectivity index (χ1) is 11.7. The number of aryl methyl sites for hydroxylation is 1. The fourth-order valence-electron chi connectivity index (χ4n) is 1.65. The van der Waals surface area contributed by atoms with Crippen LogP contribution in [0.4, 0.5) is 0 Å². The second-order valence-corrected chi connectivity index (χ2v) is 3.94. The molecule has 0 amide bonds. The fourth-order valence-corrected chi connectivity index (χ4v) is 1.65. The zero-order valence-electron chi connectivity index (χ0n) is 16.5. The Morgan fingerprint density at radius 3 is 2.08 bits per heavy atom. The maximum absolute atomic E-state index is 9.83. The number of aliphatic hydroxyl groups excluding tert-OH is 1. The van der Waals surface area contributed by atoms with Crippen LogP contribution < -0.4 is 0 Å². The third-order valence-electron chi connectivity index (χ3n) is 2.56. The quantitative estimate of drug-likeness (QED) is 0.530. The van der Waals surface area contributed by atoms with E-state index in [0.29, 0.717) is 5.70 Å². The molecule has 24 heavy (non-hydrogen) atoms. The Hall–Kier alpha value is -2.36. The number of nitrogens with zero attached hydrogens (tertiary/aromatic N) is 3. The minimum Gasteiger partial charge on any atom is -0.506 e. The van der Waals surface area contributed by atoms with Crippen LogP contribution >= 0.6 is 0 Å². The molecule has 0 spiro atoms. The van der Waals surface area contributed by atoms with E-state index < -0.39 is 0 Å². The fraction of sp³-hybridized carbons (Fsp3) is 0.400. The predicted molar refractivity (Wildman–Crippen MR) is 107 cm³/mol. The van der Waals surface area contributed by atoms with Gasteiger partial charge in [0.25, 0.3) is 0 Å². The molecule has 0 fully saturated rings. The highest BCUT2D eigenvalue weighted by Gasteiger charge is 2.09. The highest BCUT2D eigenvalue weighted by atomic mass is 16.3. The Bertz CT molecular complexity index is 652. The number of benzene rings is 1. The minimum absolute atomic E-state index is 0.118. The highest BCUT2D eigenvalue weighted by molar-refractivity contribution is 5.76. The lowest BCUT2D eigenvalue weighted by Gasteiger charge is -2.03. The van der Waals surface area contributed by atoms with E-state index in [1.807, 2.05) is 66.7 Å². The standard InChI is InChI=1S/C14H15N3O.3C2H6/c1-4-6-13(14(18)5-2)17-15-11-8-7-10(3)9-12(11)16-17;3*1-2/h4-9,18H,1H2,2-3H3;3*1-2H3/b13-6+,14-5+;;;. The smallest absolute Gasteiger partial charge is 0.138 e. The van der Waals surface area contributed by atoms with E-state index in [0.717, 1.165) is 16.6 Å². The van der Waals surface area contributed by atoms with Crippen LogP contribution in [0.2, 0.25) is 0 Å². The van der Waals surface area contributed by atoms with Gasteiger partial charge in [-0.25, -0.2) is 0 Å². The summed E-state index contributed by atoms with van der Waals surface area (Å²) in [5.74, 6) is 0.118. The first kappa shape index (κ1) is 23.9. The van der Waals surface area contributed by atoms with Gasteiger partial charge in [-0.15, -0.1) is 15.0 Å². The molecule has 0 aliphatic heterocycles. The lowest BCUT2D eigenvalue weighted by atomic mass is 10.2. The van der Waals surface area contributed by atoms with Gasteiger partial charge in [0, 0.05) is 0 Å². The summed E-state index contributed by atoms with van der Waals surface area (Å²) in [7, 11) is 0. The molecule has 4 nitrogen and oxygen atoms in total. The van der Waals surface area contributed by atoms with Crippen LogP contribution in [0, 0.1) is 6.92 Å². The molecule has 1 N–H and O–H groups in total. The third kappa shape index (κ3) is 6.82. The van der Waals surface area contributed by atoms with E-state index in [1.165, 1.54) is 4.80 Å². The zero-order valence-corrected chi connectivity index (χ0v) is 16.5. The van der Waals surface area contributed by atoms with E-state index in [-0.39, 0.29) is 5.76 Å². The summed E-state index contributed by atoms with van der Waals surface area (Å²) in [4.78, 5) is 1.42. The summed E-state index contributed by atoms with van der Waals surface area (Å²) in [5, 5.41) is 18.5. The van der Waals surface area contributed by atoms with Gasteiger partial charge < -0.3 is 5.11 Å². The number of aromatic nitrogens is 3. The first-order valence-electron chi connectivity index (χ1n) is 8.68. The Balaban J connectivity index is 0. The summed E-state index contributed by atoms with van der Waals surface area (Å²) < 4.78 is 0. The van der Waals surface area contributed by atoms with Crippen LogP contribution in [0.25, 0.3) is 16.7 Å². The number of fused-ring (bicyclic) bond motifs is 1. The van der Waals surface area contributed by atoms with Crippen molar-refractivity contribution in [2.24, 2.45) is 0 Å². The van der Waals surface area contributed by atoms with E-state index in [1.54, 1.807) is 25.2 Å². The van der Waals surface area contributed by atoms with Crippen molar-refractivity contribution in [3.63, 3.8) is 0 Å². The number of allylic oxidation sites excluding steroid dienone is 4. The highest BCUT2D eigenvalue weighted by Crippen LogP contribution is 2.16. The molecule has 0 aliphatic carbocycles. The largest absolute Gasteiger partial charge is 0.506 e. The van der Waals surface area contributed by atoms with Crippen molar-refractivity contribution in [2.45, 2.75) is 55.4 Å². The molecule has 0 aliphatic rings. The Morgan fingerprint density at radius 1 is 1.04 bits per heavy atom. The predicted octanol–water partition coefficient (Wildman–Crippen LogP) is 6.31. The molecule has 134 valence electrons. The second kappa shape index (κ2) is 14.2. The SMILES string of the molecule is C=C/C=C(\C(O)=C/C)n1nc2ccc(C)cc2n1.CC.CC.CC. The number of aliphatic hydroxyl groups is 1. The van der Waals surface area contributed by atoms with E-state index in [4.69, 9.17) is 0 Å². The minimum atomic E-state index is 0.118. The molecule has 1 heterocycles. The van der Waals surface area contributed by atoms with E-state index >= 15 is 0 Å². The molecule has 2 aromatic rings. The summed E-state index contributed by atoms with van der Waals surface area (Å²) in [6, 6.07) is 5.84.